The Balaban J connectivity index is 2.60. The summed E-state index contributed by atoms with van der Waals surface area (Å²) in [5, 5.41) is 9.10. The smallest absolute Gasteiger partial charge is 0.222 e. The molecule has 0 bridgehead atoms. The average molecular weight is 216 g/mol. The summed E-state index contributed by atoms with van der Waals surface area (Å²) >= 11 is 5.69. The maximum atomic E-state index is 8.92. The highest BCUT2D eigenvalue weighted by Gasteiger charge is 2.05. The van der Waals surface area contributed by atoms with Crippen molar-refractivity contribution >= 4 is 11.6 Å². The number of hydrogen-bond acceptors (Lipinski definition) is 3. The van der Waals surface area contributed by atoms with Gasteiger partial charge in [0.2, 0.25) is 5.28 Å². The maximum absolute atomic E-state index is 8.92. The van der Waals surface area contributed by atoms with Gasteiger partial charge in [-0.3, -0.25) is 0 Å². The van der Waals surface area contributed by atoms with Crippen molar-refractivity contribution in [2.45, 2.75) is 0 Å². The van der Waals surface area contributed by atoms with Gasteiger partial charge in [0.05, 0.1) is 17.3 Å². The zero-order valence-corrected chi connectivity index (χ0v) is 8.44. The van der Waals surface area contributed by atoms with Gasteiger partial charge in [-0.05, 0) is 23.7 Å². The van der Waals surface area contributed by atoms with Crippen LogP contribution >= 0.6 is 11.6 Å². The zero-order valence-electron chi connectivity index (χ0n) is 7.68. The van der Waals surface area contributed by atoms with E-state index >= 15 is 0 Å². The number of nitriles is 1. The molecule has 0 radical (unpaired) electrons. The van der Waals surface area contributed by atoms with Gasteiger partial charge in [0.25, 0.3) is 0 Å². The molecule has 3 nitrogen and oxygen atoms in total. The first-order chi connectivity index (χ1) is 7.31. The Kier molecular flexibility index (Phi) is 2.61. The van der Waals surface area contributed by atoms with Crippen molar-refractivity contribution in [3.8, 4) is 17.3 Å². The van der Waals surface area contributed by atoms with E-state index in [1.54, 1.807) is 18.3 Å². The molecule has 1 heterocycles. The molecule has 0 spiro atoms. The van der Waals surface area contributed by atoms with Crippen LogP contribution in [0.25, 0.3) is 11.3 Å². The number of rotatable bonds is 1. The zero-order chi connectivity index (χ0) is 10.7. The first kappa shape index (κ1) is 9.63. The number of benzene rings is 1. The Morgan fingerprint density at radius 3 is 2.73 bits per heavy atom. The standard InChI is InChI=1S/C11H6ClN3/c12-11-14-6-5-10(15-11)9-4-2-1-3-8(9)7-13/h1-6H. The second-order valence-electron chi connectivity index (χ2n) is 2.87. The molecular formula is C11H6ClN3. The molecule has 0 N–H and O–H groups in total. The summed E-state index contributed by atoms with van der Waals surface area (Å²) in [6, 6.07) is 11.1. The Morgan fingerprint density at radius 2 is 2.00 bits per heavy atom. The summed E-state index contributed by atoms with van der Waals surface area (Å²) in [6.45, 7) is 0. The molecule has 0 fully saturated rings. The summed E-state index contributed by atoms with van der Waals surface area (Å²) in [4.78, 5) is 7.85. The van der Waals surface area contributed by atoms with Crippen molar-refractivity contribution in [2.75, 3.05) is 0 Å². The second-order valence-corrected chi connectivity index (χ2v) is 3.21. The highest BCUT2D eigenvalue weighted by molar-refractivity contribution is 6.28. The lowest BCUT2D eigenvalue weighted by Gasteiger charge is -2.02. The molecule has 0 atom stereocenters. The number of aromatic nitrogens is 2. The van der Waals surface area contributed by atoms with Crippen LogP contribution in [0.5, 0.6) is 0 Å². The number of nitrogens with zero attached hydrogens (tertiary/aromatic N) is 3. The molecular weight excluding hydrogens is 210 g/mol. The molecule has 2 rings (SSSR count). The lowest BCUT2D eigenvalue weighted by atomic mass is 10.1. The number of halogens is 1. The van der Waals surface area contributed by atoms with Gasteiger partial charge in [0, 0.05) is 11.8 Å². The van der Waals surface area contributed by atoms with Gasteiger partial charge >= 0.3 is 0 Å². The van der Waals surface area contributed by atoms with Gasteiger partial charge in [-0.25, -0.2) is 9.97 Å². The molecule has 4 heteroatoms. The van der Waals surface area contributed by atoms with Crippen LogP contribution < -0.4 is 0 Å². The highest BCUT2D eigenvalue weighted by atomic mass is 35.5. The molecule has 2 aromatic rings. The summed E-state index contributed by atoms with van der Waals surface area (Å²) in [5.41, 5.74) is 2.00. The number of hydrogen-bond donors (Lipinski definition) is 0. The van der Waals surface area contributed by atoms with Crippen LogP contribution in [-0.2, 0) is 0 Å². The minimum atomic E-state index is 0.181. The summed E-state index contributed by atoms with van der Waals surface area (Å²) in [5.74, 6) is 0. The monoisotopic (exact) mass is 215 g/mol. The van der Waals surface area contributed by atoms with E-state index in [0.717, 1.165) is 5.56 Å². The first-order valence-electron chi connectivity index (χ1n) is 4.29. The van der Waals surface area contributed by atoms with E-state index in [-0.39, 0.29) is 5.28 Å². The summed E-state index contributed by atoms with van der Waals surface area (Å²) in [6.07, 6.45) is 1.57. The molecule has 0 amide bonds. The van der Waals surface area contributed by atoms with Crippen LogP contribution in [0.4, 0.5) is 0 Å². The van der Waals surface area contributed by atoms with Crippen LogP contribution in [0.3, 0.4) is 0 Å². The lowest BCUT2D eigenvalue weighted by molar-refractivity contribution is 1.17. The Labute approximate surface area is 92.0 Å². The van der Waals surface area contributed by atoms with E-state index in [2.05, 4.69) is 16.0 Å². The van der Waals surface area contributed by atoms with Gasteiger partial charge in [0.1, 0.15) is 0 Å². The maximum Gasteiger partial charge on any atom is 0.222 e. The quantitative estimate of drug-likeness (QED) is 0.688. The van der Waals surface area contributed by atoms with Crippen LogP contribution in [0.1, 0.15) is 5.56 Å². The molecule has 0 saturated carbocycles. The predicted octanol–water partition coefficient (Wildman–Crippen LogP) is 2.67. The molecule has 0 saturated heterocycles. The Bertz CT molecular complexity index is 531. The van der Waals surface area contributed by atoms with Crippen molar-refractivity contribution in [2.24, 2.45) is 0 Å². The largest absolute Gasteiger partial charge is 0.226 e. The molecule has 0 aliphatic rings. The summed E-state index contributed by atoms with van der Waals surface area (Å²) < 4.78 is 0. The van der Waals surface area contributed by atoms with Gasteiger partial charge in [0.15, 0.2) is 0 Å². The SMILES string of the molecule is N#Cc1ccccc1-c1ccnc(Cl)n1. The van der Waals surface area contributed by atoms with Crippen molar-refractivity contribution in [3.05, 3.63) is 47.4 Å². The van der Waals surface area contributed by atoms with E-state index in [1.807, 2.05) is 18.2 Å². The molecule has 0 aliphatic carbocycles. The molecule has 1 aromatic carbocycles. The third kappa shape index (κ3) is 1.95. The van der Waals surface area contributed by atoms with Crippen LogP contribution in [-0.4, -0.2) is 9.97 Å². The van der Waals surface area contributed by atoms with Gasteiger partial charge in [-0.1, -0.05) is 18.2 Å². The normalized spacial score (nSPS) is 9.60. The topological polar surface area (TPSA) is 49.6 Å². The van der Waals surface area contributed by atoms with Crippen LogP contribution in [0, 0.1) is 11.3 Å². The Morgan fingerprint density at radius 1 is 1.20 bits per heavy atom. The van der Waals surface area contributed by atoms with E-state index < -0.39 is 0 Å². The summed E-state index contributed by atoms with van der Waals surface area (Å²) in [7, 11) is 0. The van der Waals surface area contributed by atoms with Gasteiger partial charge in [-0.15, -0.1) is 0 Å². The van der Waals surface area contributed by atoms with Gasteiger partial charge < -0.3 is 0 Å². The minimum absolute atomic E-state index is 0.181. The van der Waals surface area contributed by atoms with Crippen molar-refractivity contribution < 1.29 is 0 Å². The molecule has 15 heavy (non-hydrogen) atoms. The molecule has 1 aromatic heterocycles. The predicted molar refractivity (Wildman–Crippen MR) is 57.2 cm³/mol. The third-order valence-electron chi connectivity index (χ3n) is 1.95. The fourth-order valence-corrected chi connectivity index (χ4v) is 1.44. The lowest BCUT2D eigenvalue weighted by Crippen LogP contribution is -1.89. The first-order valence-corrected chi connectivity index (χ1v) is 4.67. The molecule has 0 aliphatic heterocycles. The fourth-order valence-electron chi connectivity index (χ4n) is 1.29. The molecule has 0 unspecified atom stereocenters. The van der Waals surface area contributed by atoms with E-state index in [1.165, 1.54) is 0 Å². The van der Waals surface area contributed by atoms with Crippen LogP contribution in [0.2, 0.25) is 5.28 Å². The van der Waals surface area contributed by atoms with Crippen molar-refractivity contribution in [3.63, 3.8) is 0 Å². The highest BCUT2D eigenvalue weighted by Crippen LogP contribution is 2.21. The van der Waals surface area contributed by atoms with Gasteiger partial charge in [-0.2, -0.15) is 5.26 Å². The van der Waals surface area contributed by atoms with Crippen molar-refractivity contribution in [1.82, 2.24) is 9.97 Å². The van der Waals surface area contributed by atoms with E-state index in [4.69, 9.17) is 16.9 Å². The average Bonchev–Trinajstić information content (AvgIpc) is 2.29. The second kappa shape index (κ2) is 4.07. The Hall–Kier alpha value is -1.92. The van der Waals surface area contributed by atoms with E-state index in [0.29, 0.717) is 11.3 Å². The van der Waals surface area contributed by atoms with E-state index in [9.17, 15) is 0 Å². The minimum Gasteiger partial charge on any atom is -0.226 e. The molecule has 72 valence electrons. The van der Waals surface area contributed by atoms with Crippen LogP contribution in [0.15, 0.2) is 36.5 Å². The fraction of sp³-hybridized carbons (Fsp3) is 0. The van der Waals surface area contributed by atoms with Crippen molar-refractivity contribution in [1.29, 1.82) is 5.26 Å². The third-order valence-corrected chi connectivity index (χ3v) is 2.13.